The summed E-state index contributed by atoms with van der Waals surface area (Å²) in [6.45, 7) is 0. The number of nitro benzene ring substituents is 1. The van der Waals surface area contributed by atoms with Crippen molar-refractivity contribution >= 4 is 28.9 Å². The minimum absolute atomic E-state index is 0.0107. The van der Waals surface area contributed by atoms with E-state index in [1.165, 1.54) is 19.2 Å². The van der Waals surface area contributed by atoms with Crippen molar-refractivity contribution in [2.75, 3.05) is 12.4 Å². The van der Waals surface area contributed by atoms with Gasteiger partial charge in [0.05, 0.1) is 28.3 Å². The number of nitro groups is 1. The van der Waals surface area contributed by atoms with Gasteiger partial charge >= 0.3 is 0 Å². The third kappa shape index (κ3) is 3.29. The summed E-state index contributed by atoms with van der Waals surface area (Å²) in [5.74, 6) is 0.0308. The van der Waals surface area contributed by atoms with E-state index in [0.29, 0.717) is 11.4 Å². The smallest absolute Gasteiger partial charge is 0.270 e. The molecule has 2 aromatic rings. The van der Waals surface area contributed by atoms with Crippen LogP contribution in [0.5, 0.6) is 5.75 Å². The Morgan fingerprint density at radius 2 is 2.00 bits per heavy atom. The Kier molecular flexibility index (Phi) is 4.39. The highest BCUT2D eigenvalue weighted by molar-refractivity contribution is 6.34. The number of amides is 1. The number of ether oxygens (including phenoxy) is 1. The molecule has 0 bridgehead atoms. The molecule has 1 N–H and O–H groups in total. The molecule has 0 spiro atoms. The fraction of sp³-hybridized carbons (Fsp3) is 0.0714. The van der Waals surface area contributed by atoms with Crippen molar-refractivity contribution in [2.24, 2.45) is 0 Å². The minimum Gasteiger partial charge on any atom is -0.495 e. The van der Waals surface area contributed by atoms with Crippen LogP contribution in [-0.4, -0.2) is 17.9 Å². The Bertz CT molecular complexity index is 703. The molecule has 0 aliphatic heterocycles. The fourth-order valence-corrected chi connectivity index (χ4v) is 2.00. The van der Waals surface area contributed by atoms with E-state index in [-0.39, 0.29) is 16.3 Å². The average Bonchev–Trinajstić information content (AvgIpc) is 2.47. The molecule has 0 saturated carbocycles. The lowest BCUT2D eigenvalue weighted by Crippen LogP contribution is -2.13. The van der Waals surface area contributed by atoms with E-state index in [2.05, 4.69) is 5.32 Å². The number of methoxy groups -OCH3 is 1. The average molecular weight is 307 g/mol. The summed E-state index contributed by atoms with van der Waals surface area (Å²) >= 11 is 5.91. The van der Waals surface area contributed by atoms with E-state index in [1.54, 1.807) is 24.3 Å². The van der Waals surface area contributed by atoms with Crippen LogP contribution in [-0.2, 0) is 0 Å². The predicted molar refractivity (Wildman–Crippen MR) is 79.1 cm³/mol. The highest BCUT2D eigenvalue weighted by atomic mass is 35.5. The number of carbonyl (C=O) groups is 1. The van der Waals surface area contributed by atoms with Gasteiger partial charge in [0.1, 0.15) is 5.75 Å². The van der Waals surface area contributed by atoms with Crippen molar-refractivity contribution in [2.45, 2.75) is 0 Å². The summed E-state index contributed by atoms with van der Waals surface area (Å²) in [5.41, 5.74) is 0.460. The van der Waals surface area contributed by atoms with Gasteiger partial charge in [-0.2, -0.15) is 0 Å². The van der Waals surface area contributed by atoms with E-state index in [0.717, 1.165) is 6.07 Å². The van der Waals surface area contributed by atoms with E-state index in [4.69, 9.17) is 16.3 Å². The second-order valence-electron chi connectivity index (χ2n) is 4.08. The minimum atomic E-state index is -0.576. The number of carbonyl (C=O) groups excluding carboxylic acids is 1. The lowest BCUT2D eigenvalue weighted by Gasteiger charge is -2.10. The van der Waals surface area contributed by atoms with Gasteiger partial charge in [0.2, 0.25) is 0 Å². The first-order valence-corrected chi connectivity index (χ1v) is 6.29. The first kappa shape index (κ1) is 14.8. The van der Waals surface area contributed by atoms with Crippen LogP contribution in [0, 0.1) is 10.1 Å². The predicted octanol–water partition coefficient (Wildman–Crippen LogP) is 3.51. The maximum Gasteiger partial charge on any atom is 0.270 e. The van der Waals surface area contributed by atoms with E-state index >= 15 is 0 Å². The van der Waals surface area contributed by atoms with Crippen LogP contribution in [0.4, 0.5) is 11.4 Å². The number of hydrogen-bond donors (Lipinski definition) is 1. The van der Waals surface area contributed by atoms with Gasteiger partial charge in [0, 0.05) is 12.1 Å². The summed E-state index contributed by atoms with van der Waals surface area (Å²) in [5, 5.41) is 13.3. The lowest BCUT2D eigenvalue weighted by molar-refractivity contribution is -0.384. The normalized spacial score (nSPS) is 10.0. The molecule has 0 radical (unpaired) electrons. The SMILES string of the molecule is COc1ccccc1NC(=O)c1ccc([N+](=O)[O-])cc1Cl. The molecular weight excluding hydrogens is 296 g/mol. The number of nitrogens with one attached hydrogen (secondary N) is 1. The topological polar surface area (TPSA) is 81.5 Å². The van der Waals surface area contributed by atoms with Crippen LogP contribution in [0.15, 0.2) is 42.5 Å². The number of rotatable bonds is 4. The van der Waals surface area contributed by atoms with Crippen LogP contribution in [0.2, 0.25) is 5.02 Å². The molecule has 1 amide bonds. The zero-order chi connectivity index (χ0) is 15.4. The molecule has 0 saturated heterocycles. The fourth-order valence-electron chi connectivity index (χ4n) is 1.74. The quantitative estimate of drug-likeness (QED) is 0.692. The Morgan fingerprint density at radius 1 is 1.29 bits per heavy atom. The van der Waals surface area contributed by atoms with Gasteiger partial charge in [-0.15, -0.1) is 0 Å². The van der Waals surface area contributed by atoms with Gasteiger partial charge < -0.3 is 10.1 Å². The van der Waals surface area contributed by atoms with E-state index in [9.17, 15) is 14.9 Å². The van der Waals surface area contributed by atoms with Crippen molar-refractivity contribution in [1.82, 2.24) is 0 Å². The number of para-hydroxylation sites is 2. The summed E-state index contributed by atoms with van der Waals surface area (Å²) in [6.07, 6.45) is 0. The second kappa shape index (κ2) is 6.23. The second-order valence-corrected chi connectivity index (χ2v) is 4.48. The van der Waals surface area contributed by atoms with Gasteiger partial charge in [-0.25, -0.2) is 0 Å². The van der Waals surface area contributed by atoms with Crippen molar-refractivity contribution in [1.29, 1.82) is 0 Å². The number of halogens is 1. The van der Waals surface area contributed by atoms with Gasteiger partial charge in [-0.1, -0.05) is 23.7 Å². The van der Waals surface area contributed by atoms with Crippen LogP contribution in [0.3, 0.4) is 0 Å². The van der Waals surface area contributed by atoms with Crippen LogP contribution in [0.1, 0.15) is 10.4 Å². The molecule has 0 fully saturated rings. The maximum atomic E-state index is 12.2. The number of nitrogens with zero attached hydrogens (tertiary/aromatic N) is 1. The summed E-state index contributed by atoms with van der Waals surface area (Å²) in [6, 6.07) is 10.6. The first-order valence-electron chi connectivity index (χ1n) is 5.91. The highest BCUT2D eigenvalue weighted by Crippen LogP contribution is 2.26. The third-order valence-electron chi connectivity index (χ3n) is 2.76. The summed E-state index contributed by atoms with van der Waals surface area (Å²) in [7, 11) is 1.49. The van der Waals surface area contributed by atoms with Gasteiger partial charge in [0.15, 0.2) is 0 Å². The number of non-ortho nitro benzene ring substituents is 1. The highest BCUT2D eigenvalue weighted by Gasteiger charge is 2.16. The molecule has 0 aromatic heterocycles. The molecule has 2 aromatic carbocycles. The molecule has 0 unspecified atom stereocenters. The van der Waals surface area contributed by atoms with Crippen molar-refractivity contribution < 1.29 is 14.5 Å². The van der Waals surface area contributed by atoms with Gasteiger partial charge in [-0.3, -0.25) is 14.9 Å². The summed E-state index contributed by atoms with van der Waals surface area (Å²) < 4.78 is 5.13. The lowest BCUT2D eigenvalue weighted by atomic mass is 10.2. The number of anilines is 1. The van der Waals surface area contributed by atoms with E-state index < -0.39 is 10.8 Å². The van der Waals surface area contributed by atoms with Crippen molar-refractivity contribution in [3.63, 3.8) is 0 Å². The van der Waals surface area contributed by atoms with Crippen LogP contribution in [0.25, 0.3) is 0 Å². The van der Waals surface area contributed by atoms with Gasteiger partial charge in [-0.05, 0) is 18.2 Å². The zero-order valence-corrected chi connectivity index (χ0v) is 11.8. The molecule has 0 aliphatic carbocycles. The molecule has 2 rings (SSSR count). The molecular formula is C14H11ClN2O4. The number of hydrogen-bond acceptors (Lipinski definition) is 4. The summed E-state index contributed by atoms with van der Waals surface area (Å²) in [4.78, 5) is 22.2. The monoisotopic (exact) mass is 306 g/mol. The van der Waals surface area contributed by atoms with Gasteiger partial charge in [0.25, 0.3) is 11.6 Å². The standard InChI is InChI=1S/C14H11ClN2O4/c1-21-13-5-3-2-4-12(13)16-14(18)10-7-6-9(17(19)20)8-11(10)15/h2-8H,1H3,(H,16,18). The Labute approximate surface area is 125 Å². The molecule has 0 atom stereocenters. The van der Waals surface area contributed by atoms with Crippen LogP contribution >= 0.6 is 11.6 Å². The first-order chi connectivity index (χ1) is 10.0. The van der Waals surface area contributed by atoms with E-state index in [1.807, 2.05) is 0 Å². The van der Waals surface area contributed by atoms with Crippen molar-refractivity contribution in [3.05, 3.63) is 63.2 Å². The Hall–Kier alpha value is -2.60. The Morgan fingerprint density at radius 3 is 2.62 bits per heavy atom. The molecule has 21 heavy (non-hydrogen) atoms. The molecule has 108 valence electrons. The van der Waals surface area contributed by atoms with Crippen molar-refractivity contribution in [3.8, 4) is 5.75 Å². The number of benzene rings is 2. The van der Waals surface area contributed by atoms with Crippen LogP contribution < -0.4 is 10.1 Å². The molecule has 0 heterocycles. The zero-order valence-electron chi connectivity index (χ0n) is 11.0. The molecule has 0 aliphatic rings. The maximum absolute atomic E-state index is 12.2. The Balaban J connectivity index is 2.26. The molecule has 6 nitrogen and oxygen atoms in total. The largest absolute Gasteiger partial charge is 0.495 e. The molecule has 7 heteroatoms. The third-order valence-corrected chi connectivity index (χ3v) is 3.08.